The van der Waals surface area contributed by atoms with Crippen LogP contribution in [0.2, 0.25) is 0 Å². The van der Waals surface area contributed by atoms with Crippen LogP contribution in [0.5, 0.6) is 11.5 Å². The molecule has 0 aliphatic rings. The molecule has 8 nitrogen and oxygen atoms in total. The highest BCUT2D eigenvalue weighted by atomic mass is 32.2. The van der Waals surface area contributed by atoms with Gasteiger partial charge in [-0.3, -0.25) is 9.59 Å². The summed E-state index contributed by atoms with van der Waals surface area (Å²) in [6.45, 7) is 2.44. The summed E-state index contributed by atoms with van der Waals surface area (Å²) in [4.78, 5) is 25.3. The van der Waals surface area contributed by atoms with Gasteiger partial charge in [-0.1, -0.05) is 87.9 Å². The van der Waals surface area contributed by atoms with Crippen molar-refractivity contribution in [2.45, 2.75) is 69.8 Å². The molecule has 0 atom stereocenters. The first-order valence-electron chi connectivity index (χ1n) is 13.6. The van der Waals surface area contributed by atoms with Crippen LogP contribution in [0, 0.1) is 0 Å². The Balaban J connectivity index is 1.65. The van der Waals surface area contributed by atoms with Crippen LogP contribution < -0.4 is 19.5 Å². The molecule has 2 N–H and O–H groups in total. The average Bonchev–Trinajstić information content (AvgIpc) is 2.96. The number of nitrogens with one attached hydrogen (secondary N) is 2. The smallest absolute Gasteiger partial charge is 0.266 e. The quantitative estimate of drug-likeness (QED) is 0.192. The molecule has 40 heavy (non-hydrogen) atoms. The highest BCUT2D eigenvalue weighted by Crippen LogP contribution is 2.30. The van der Waals surface area contributed by atoms with Crippen molar-refractivity contribution in [3.05, 3.63) is 83.9 Å². The fraction of sp³-hybridized carbons (Fsp3) is 0.355. The lowest BCUT2D eigenvalue weighted by atomic mass is 10.1. The van der Waals surface area contributed by atoms with Crippen LogP contribution in [0.15, 0.2) is 77.7 Å². The summed E-state index contributed by atoms with van der Waals surface area (Å²) in [7, 11) is -2.68. The Labute approximate surface area is 237 Å². The molecule has 0 unspecified atom stereocenters. The second-order valence-electron chi connectivity index (χ2n) is 9.49. The fourth-order valence-electron chi connectivity index (χ4n) is 4.16. The highest BCUT2D eigenvalue weighted by molar-refractivity contribution is 7.90. The van der Waals surface area contributed by atoms with Gasteiger partial charge in [0.1, 0.15) is 11.5 Å². The summed E-state index contributed by atoms with van der Waals surface area (Å²) in [5, 5.41) is 2.66. The number of carbonyl (C=O) groups excluding carboxylic acids is 2. The van der Waals surface area contributed by atoms with E-state index in [0.717, 1.165) is 24.8 Å². The molecule has 0 aliphatic heterocycles. The van der Waals surface area contributed by atoms with Crippen LogP contribution in [0.3, 0.4) is 0 Å². The summed E-state index contributed by atoms with van der Waals surface area (Å²) in [5.74, 6) is -0.272. The van der Waals surface area contributed by atoms with E-state index in [0.29, 0.717) is 17.9 Å². The van der Waals surface area contributed by atoms with Crippen LogP contribution >= 0.6 is 0 Å². The minimum atomic E-state index is -4.19. The van der Waals surface area contributed by atoms with E-state index >= 15 is 0 Å². The zero-order chi connectivity index (χ0) is 28.8. The van der Waals surface area contributed by atoms with Gasteiger partial charge in [0.05, 0.1) is 12.8 Å². The predicted molar refractivity (Wildman–Crippen MR) is 156 cm³/mol. The van der Waals surface area contributed by atoms with Crippen molar-refractivity contribution < 1.29 is 27.5 Å². The maximum Gasteiger partial charge on any atom is 0.266 e. The minimum absolute atomic E-state index is 0.0614. The third-order valence-electron chi connectivity index (χ3n) is 6.34. The number of amides is 2. The summed E-state index contributed by atoms with van der Waals surface area (Å²) in [6, 6.07) is 20.3. The van der Waals surface area contributed by atoms with E-state index < -0.39 is 21.8 Å². The first kappa shape index (κ1) is 30.7. The van der Waals surface area contributed by atoms with Crippen molar-refractivity contribution in [1.82, 2.24) is 4.72 Å². The Hall–Kier alpha value is -3.85. The molecule has 3 rings (SSSR count). The molecule has 0 saturated carbocycles. The Morgan fingerprint density at radius 1 is 0.800 bits per heavy atom. The van der Waals surface area contributed by atoms with E-state index in [-0.39, 0.29) is 29.2 Å². The van der Waals surface area contributed by atoms with Crippen LogP contribution in [0.25, 0.3) is 0 Å². The predicted octanol–water partition coefficient (Wildman–Crippen LogP) is 6.47. The SMILES string of the molecule is CCCCCCCCCC(=O)NS(=O)(=O)c1ccccc1NC(=O)c1ccc(OC)c(OCc2ccccc2)c1. The number of hydrogen-bond donors (Lipinski definition) is 2. The molecule has 3 aromatic carbocycles. The molecule has 3 aromatic rings. The van der Waals surface area contributed by atoms with Gasteiger partial charge in [-0.2, -0.15) is 0 Å². The van der Waals surface area contributed by atoms with Gasteiger partial charge in [0.2, 0.25) is 5.91 Å². The zero-order valence-corrected chi connectivity index (χ0v) is 24.0. The number of anilines is 1. The van der Waals surface area contributed by atoms with E-state index in [2.05, 4.69) is 17.0 Å². The topological polar surface area (TPSA) is 111 Å². The van der Waals surface area contributed by atoms with Crippen LogP contribution in [0.1, 0.15) is 74.2 Å². The van der Waals surface area contributed by atoms with Gasteiger partial charge >= 0.3 is 0 Å². The monoisotopic (exact) mass is 566 g/mol. The summed E-state index contributed by atoms with van der Waals surface area (Å²) >= 11 is 0. The molecular formula is C31H38N2O6S. The van der Waals surface area contributed by atoms with Gasteiger partial charge in [0.15, 0.2) is 11.5 Å². The van der Waals surface area contributed by atoms with E-state index in [1.54, 1.807) is 18.2 Å². The van der Waals surface area contributed by atoms with E-state index in [9.17, 15) is 18.0 Å². The number of hydrogen-bond acceptors (Lipinski definition) is 6. The summed E-state index contributed by atoms with van der Waals surface area (Å²) < 4.78 is 39.5. The molecule has 214 valence electrons. The Bertz CT molecular complexity index is 1360. The van der Waals surface area contributed by atoms with Crippen molar-refractivity contribution >= 4 is 27.5 Å². The van der Waals surface area contributed by atoms with Gasteiger partial charge in [0.25, 0.3) is 15.9 Å². The number of ether oxygens (including phenoxy) is 2. The maximum atomic E-state index is 13.1. The van der Waals surface area contributed by atoms with Gasteiger partial charge in [-0.25, -0.2) is 13.1 Å². The zero-order valence-electron chi connectivity index (χ0n) is 23.1. The van der Waals surface area contributed by atoms with Crippen molar-refractivity contribution in [1.29, 1.82) is 0 Å². The van der Waals surface area contributed by atoms with Crippen LogP contribution in [-0.2, 0) is 21.4 Å². The van der Waals surface area contributed by atoms with Crippen molar-refractivity contribution in [2.75, 3.05) is 12.4 Å². The van der Waals surface area contributed by atoms with Crippen molar-refractivity contribution in [3.63, 3.8) is 0 Å². The Kier molecular flexibility index (Phi) is 12.0. The molecule has 0 saturated heterocycles. The van der Waals surface area contributed by atoms with E-state index in [1.165, 1.54) is 50.6 Å². The molecule has 2 amide bonds. The molecule has 0 fully saturated rings. The molecule has 0 aliphatic carbocycles. The summed E-state index contributed by atoms with van der Waals surface area (Å²) in [5.41, 5.74) is 1.26. The maximum absolute atomic E-state index is 13.1. The molecule has 0 heterocycles. The number of methoxy groups -OCH3 is 1. The number of unbranched alkanes of at least 4 members (excludes halogenated alkanes) is 6. The fourth-order valence-corrected chi connectivity index (χ4v) is 5.34. The second-order valence-corrected chi connectivity index (χ2v) is 11.1. The number of para-hydroxylation sites is 1. The number of carbonyl (C=O) groups is 2. The lowest BCUT2D eigenvalue weighted by molar-refractivity contribution is -0.119. The van der Waals surface area contributed by atoms with Crippen LogP contribution in [0.4, 0.5) is 5.69 Å². The second kappa shape index (κ2) is 15.7. The third kappa shape index (κ3) is 9.41. The van der Waals surface area contributed by atoms with Gasteiger partial charge in [-0.05, 0) is 42.3 Å². The lowest BCUT2D eigenvalue weighted by Crippen LogP contribution is -2.31. The molecular weight excluding hydrogens is 528 g/mol. The largest absolute Gasteiger partial charge is 0.493 e. The summed E-state index contributed by atoms with van der Waals surface area (Å²) in [6.07, 6.45) is 7.33. The van der Waals surface area contributed by atoms with Gasteiger partial charge in [0, 0.05) is 12.0 Å². The van der Waals surface area contributed by atoms with Crippen molar-refractivity contribution in [2.24, 2.45) is 0 Å². The van der Waals surface area contributed by atoms with Gasteiger partial charge in [-0.15, -0.1) is 0 Å². The minimum Gasteiger partial charge on any atom is -0.493 e. The Morgan fingerprint density at radius 3 is 2.20 bits per heavy atom. The average molecular weight is 567 g/mol. The van der Waals surface area contributed by atoms with E-state index in [1.807, 2.05) is 30.3 Å². The molecule has 0 spiro atoms. The Morgan fingerprint density at radius 2 is 1.48 bits per heavy atom. The standard InChI is InChI=1S/C31H38N2O6S/c1-3-4-5-6-7-8-12-19-30(34)33-40(36,37)29-18-14-13-17-26(29)32-31(35)25-20-21-27(38-2)28(22-25)39-23-24-15-10-9-11-16-24/h9-11,13-18,20-22H,3-8,12,19,23H2,1-2H3,(H,32,35)(H,33,34). The van der Waals surface area contributed by atoms with Crippen LogP contribution in [-0.4, -0.2) is 27.3 Å². The van der Waals surface area contributed by atoms with Gasteiger partial charge < -0.3 is 14.8 Å². The lowest BCUT2D eigenvalue weighted by Gasteiger charge is -2.14. The highest BCUT2D eigenvalue weighted by Gasteiger charge is 2.22. The molecule has 0 aromatic heterocycles. The van der Waals surface area contributed by atoms with Crippen molar-refractivity contribution in [3.8, 4) is 11.5 Å². The molecule has 9 heteroatoms. The van der Waals surface area contributed by atoms with E-state index in [4.69, 9.17) is 9.47 Å². The first-order chi connectivity index (χ1) is 19.3. The first-order valence-corrected chi connectivity index (χ1v) is 15.1. The number of rotatable bonds is 16. The third-order valence-corrected chi connectivity index (χ3v) is 7.77. The number of sulfonamides is 1. The molecule has 0 bridgehead atoms. The number of benzene rings is 3. The normalized spacial score (nSPS) is 11.1. The molecule has 0 radical (unpaired) electrons.